The lowest BCUT2D eigenvalue weighted by atomic mass is 9.88. The zero-order valence-electron chi connectivity index (χ0n) is 12.0. The number of likely N-dealkylation sites (N-methyl/N-ethyl adjacent to an activating group) is 1. The zero-order valence-corrected chi connectivity index (χ0v) is 12.0. The van der Waals surface area contributed by atoms with Crippen LogP contribution in [0.2, 0.25) is 0 Å². The maximum Gasteiger partial charge on any atom is 0.220 e. The molecule has 102 valence electrons. The van der Waals surface area contributed by atoms with E-state index in [4.69, 9.17) is 9.47 Å². The number of aromatic nitrogens is 2. The fourth-order valence-electron chi connectivity index (χ4n) is 2.06. The highest BCUT2D eigenvalue weighted by Gasteiger charge is 2.25. The van der Waals surface area contributed by atoms with E-state index in [1.807, 2.05) is 7.05 Å². The molecule has 0 saturated heterocycles. The molecule has 2 unspecified atom stereocenters. The molecule has 2 atom stereocenters. The largest absolute Gasteiger partial charge is 0.481 e. The first kappa shape index (κ1) is 14.7. The summed E-state index contributed by atoms with van der Waals surface area (Å²) in [4.78, 5) is 8.87. The van der Waals surface area contributed by atoms with Crippen LogP contribution >= 0.6 is 0 Å². The van der Waals surface area contributed by atoms with Gasteiger partial charge in [-0.05, 0) is 19.9 Å². The average Bonchev–Trinajstić information content (AvgIpc) is 2.37. The van der Waals surface area contributed by atoms with E-state index < -0.39 is 0 Å². The molecule has 0 saturated carbocycles. The van der Waals surface area contributed by atoms with Gasteiger partial charge in [-0.3, -0.25) is 0 Å². The van der Waals surface area contributed by atoms with E-state index in [-0.39, 0.29) is 12.0 Å². The topological polar surface area (TPSA) is 56.3 Å². The van der Waals surface area contributed by atoms with Crippen LogP contribution in [0.1, 0.15) is 32.5 Å². The van der Waals surface area contributed by atoms with Gasteiger partial charge >= 0.3 is 0 Å². The molecular weight excluding hydrogens is 230 g/mol. The fraction of sp³-hybridized carbons (Fsp3) is 0.692. The summed E-state index contributed by atoms with van der Waals surface area (Å²) >= 11 is 0. The molecule has 0 aliphatic heterocycles. The molecule has 5 nitrogen and oxygen atoms in total. The summed E-state index contributed by atoms with van der Waals surface area (Å²) in [6, 6.07) is 1.96. The Bertz CT molecular complexity index is 360. The Morgan fingerprint density at radius 2 is 1.56 bits per heavy atom. The Morgan fingerprint density at radius 1 is 1.06 bits per heavy atom. The molecule has 0 aliphatic carbocycles. The second kappa shape index (κ2) is 6.54. The van der Waals surface area contributed by atoms with E-state index in [1.165, 1.54) is 0 Å². The quantitative estimate of drug-likeness (QED) is 0.838. The maximum absolute atomic E-state index is 5.19. The van der Waals surface area contributed by atoms with Crippen molar-refractivity contribution in [1.82, 2.24) is 15.3 Å². The van der Waals surface area contributed by atoms with Crippen molar-refractivity contribution in [1.29, 1.82) is 0 Å². The highest BCUT2D eigenvalue weighted by Crippen LogP contribution is 2.28. The third-order valence-electron chi connectivity index (χ3n) is 3.13. The van der Waals surface area contributed by atoms with Crippen molar-refractivity contribution in [3.8, 4) is 11.8 Å². The van der Waals surface area contributed by atoms with Gasteiger partial charge in [-0.25, -0.2) is 0 Å². The monoisotopic (exact) mass is 253 g/mol. The molecule has 0 spiro atoms. The predicted octanol–water partition coefficient (Wildman–Crippen LogP) is 1.84. The van der Waals surface area contributed by atoms with E-state index in [1.54, 1.807) is 20.3 Å². The minimum Gasteiger partial charge on any atom is -0.481 e. The molecule has 1 aromatic rings. The smallest absolute Gasteiger partial charge is 0.220 e. The second-order valence-electron chi connectivity index (χ2n) is 4.66. The summed E-state index contributed by atoms with van der Waals surface area (Å²) < 4.78 is 10.4. The van der Waals surface area contributed by atoms with E-state index >= 15 is 0 Å². The molecular formula is C13H23N3O2. The lowest BCUT2D eigenvalue weighted by Crippen LogP contribution is -2.33. The van der Waals surface area contributed by atoms with E-state index in [0.717, 1.165) is 5.82 Å². The Morgan fingerprint density at radius 3 is 1.89 bits per heavy atom. The normalized spacial score (nSPS) is 14.4. The minimum absolute atomic E-state index is 0.207. The molecule has 0 radical (unpaired) electrons. The van der Waals surface area contributed by atoms with Crippen molar-refractivity contribution in [2.24, 2.45) is 5.92 Å². The highest BCUT2D eigenvalue weighted by molar-refractivity contribution is 5.23. The zero-order chi connectivity index (χ0) is 13.7. The molecule has 0 amide bonds. The summed E-state index contributed by atoms with van der Waals surface area (Å²) in [5, 5.41) is 3.26. The van der Waals surface area contributed by atoms with Crippen LogP contribution in [0.15, 0.2) is 6.07 Å². The first-order valence-corrected chi connectivity index (χ1v) is 6.17. The third kappa shape index (κ3) is 3.32. The standard InChI is InChI=1S/C13H23N3O2/c1-8(2)12(9(3)14-4)13-15-10(17-5)7-11(16-13)18-6/h7-9,12,14H,1-6H3. The van der Waals surface area contributed by atoms with Gasteiger partial charge in [0.15, 0.2) is 0 Å². The third-order valence-corrected chi connectivity index (χ3v) is 3.13. The SMILES string of the molecule is CNC(C)C(c1nc(OC)cc(OC)n1)C(C)C. The van der Waals surface area contributed by atoms with Crippen LogP contribution in [0.3, 0.4) is 0 Å². The first-order chi connectivity index (χ1) is 8.53. The van der Waals surface area contributed by atoms with Crippen molar-refractivity contribution in [2.75, 3.05) is 21.3 Å². The van der Waals surface area contributed by atoms with Crippen LogP contribution in [0.25, 0.3) is 0 Å². The summed E-state index contributed by atoms with van der Waals surface area (Å²) in [6.07, 6.45) is 0. The van der Waals surface area contributed by atoms with Gasteiger partial charge in [-0.1, -0.05) is 13.8 Å². The van der Waals surface area contributed by atoms with Crippen LogP contribution < -0.4 is 14.8 Å². The predicted molar refractivity (Wildman–Crippen MR) is 71.2 cm³/mol. The van der Waals surface area contributed by atoms with E-state index in [2.05, 4.69) is 36.1 Å². The summed E-state index contributed by atoms with van der Waals surface area (Å²) in [5.41, 5.74) is 0. The number of ether oxygens (including phenoxy) is 2. The molecule has 0 bridgehead atoms. The minimum atomic E-state index is 0.207. The molecule has 5 heteroatoms. The highest BCUT2D eigenvalue weighted by atomic mass is 16.5. The van der Waals surface area contributed by atoms with Gasteiger partial charge in [0.25, 0.3) is 0 Å². The summed E-state index contributed by atoms with van der Waals surface area (Å²) in [6.45, 7) is 6.45. The Labute approximate surface area is 109 Å². The van der Waals surface area contributed by atoms with E-state index in [9.17, 15) is 0 Å². The molecule has 1 N–H and O–H groups in total. The first-order valence-electron chi connectivity index (χ1n) is 6.17. The van der Waals surface area contributed by atoms with Crippen molar-refractivity contribution in [3.05, 3.63) is 11.9 Å². The summed E-state index contributed by atoms with van der Waals surface area (Å²) in [7, 11) is 5.13. The van der Waals surface area contributed by atoms with Crippen LogP contribution in [-0.4, -0.2) is 37.3 Å². The van der Waals surface area contributed by atoms with Crippen LogP contribution in [0.5, 0.6) is 11.8 Å². The van der Waals surface area contributed by atoms with Gasteiger partial charge in [0, 0.05) is 12.0 Å². The maximum atomic E-state index is 5.19. The number of nitrogens with one attached hydrogen (secondary N) is 1. The number of nitrogens with zero attached hydrogens (tertiary/aromatic N) is 2. The number of hydrogen-bond acceptors (Lipinski definition) is 5. The van der Waals surface area contributed by atoms with Gasteiger partial charge in [-0.15, -0.1) is 0 Å². The second-order valence-corrected chi connectivity index (χ2v) is 4.66. The number of hydrogen-bond donors (Lipinski definition) is 1. The Kier molecular flexibility index (Phi) is 5.34. The van der Waals surface area contributed by atoms with Crippen molar-refractivity contribution < 1.29 is 9.47 Å². The Balaban J connectivity index is 3.18. The number of methoxy groups -OCH3 is 2. The molecule has 0 fully saturated rings. The van der Waals surface area contributed by atoms with Gasteiger partial charge in [0.1, 0.15) is 5.82 Å². The van der Waals surface area contributed by atoms with Crippen LogP contribution in [0, 0.1) is 5.92 Å². The van der Waals surface area contributed by atoms with Gasteiger partial charge in [-0.2, -0.15) is 9.97 Å². The lowest BCUT2D eigenvalue weighted by molar-refractivity contribution is 0.342. The van der Waals surface area contributed by atoms with Gasteiger partial charge in [0.2, 0.25) is 11.8 Å². The van der Waals surface area contributed by atoms with Gasteiger partial charge in [0.05, 0.1) is 20.3 Å². The van der Waals surface area contributed by atoms with Crippen LogP contribution in [0.4, 0.5) is 0 Å². The molecule has 18 heavy (non-hydrogen) atoms. The lowest BCUT2D eigenvalue weighted by Gasteiger charge is -2.26. The van der Waals surface area contributed by atoms with Gasteiger partial charge < -0.3 is 14.8 Å². The van der Waals surface area contributed by atoms with Crippen molar-refractivity contribution in [2.45, 2.75) is 32.7 Å². The Hall–Kier alpha value is -1.36. The number of rotatable bonds is 6. The average molecular weight is 253 g/mol. The fourth-order valence-corrected chi connectivity index (χ4v) is 2.06. The van der Waals surface area contributed by atoms with E-state index in [0.29, 0.717) is 17.7 Å². The molecule has 0 aromatic carbocycles. The van der Waals surface area contributed by atoms with Crippen molar-refractivity contribution in [3.63, 3.8) is 0 Å². The van der Waals surface area contributed by atoms with Crippen LogP contribution in [-0.2, 0) is 0 Å². The molecule has 1 rings (SSSR count). The summed E-state index contributed by atoms with van der Waals surface area (Å²) in [5.74, 6) is 2.45. The molecule has 0 aliphatic rings. The molecule has 1 aromatic heterocycles. The van der Waals surface area contributed by atoms with Crippen molar-refractivity contribution >= 4 is 0 Å². The molecule has 1 heterocycles.